The largest absolute Gasteiger partial charge is 0.490 e. The van der Waals surface area contributed by atoms with Gasteiger partial charge in [0.15, 0.2) is 0 Å². The van der Waals surface area contributed by atoms with E-state index in [-0.39, 0.29) is 19.8 Å². The highest BCUT2D eigenvalue weighted by Crippen LogP contribution is 2.30. The molecule has 0 aliphatic carbocycles. The van der Waals surface area contributed by atoms with E-state index in [9.17, 15) is 9.59 Å². The summed E-state index contributed by atoms with van der Waals surface area (Å²) >= 11 is 3.41. The summed E-state index contributed by atoms with van der Waals surface area (Å²) < 4.78 is 16.3. The molecule has 0 saturated heterocycles. The van der Waals surface area contributed by atoms with Crippen LogP contribution in [-0.4, -0.2) is 49.9 Å². The average Bonchev–Trinajstić information content (AvgIpc) is 2.85. The van der Waals surface area contributed by atoms with Crippen LogP contribution in [0.25, 0.3) is 0 Å². The van der Waals surface area contributed by atoms with Gasteiger partial charge in [-0.3, -0.25) is 0 Å². The Kier molecular flexibility index (Phi) is 12.4. The molecule has 8 heteroatoms. The molecule has 0 saturated carbocycles. The minimum atomic E-state index is -0.590. The van der Waals surface area contributed by atoms with E-state index in [0.29, 0.717) is 11.0 Å². The number of carbonyl (C=O) groups is 2. The number of carbonyl (C=O) groups excluding carboxylic acids is 2. The van der Waals surface area contributed by atoms with Gasteiger partial charge in [0.25, 0.3) is 0 Å². The molecule has 33 heavy (non-hydrogen) atoms. The van der Waals surface area contributed by atoms with Crippen LogP contribution in [0.15, 0.2) is 72.1 Å². The maximum Gasteiger partial charge on any atom is 0.407 e. The second kappa shape index (κ2) is 15.3. The lowest BCUT2D eigenvalue weighted by Gasteiger charge is -2.19. The van der Waals surface area contributed by atoms with Crippen molar-refractivity contribution in [1.82, 2.24) is 5.32 Å². The number of hydrogen-bond acceptors (Lipinski definition) is 7. The van der Waals surface area contributed by atoms with Gasteiger partial charge in [0, 0.05) is 22.0 Å². The van der Waals surface area contributed by atoms with Gasteiger partial charge < -0.3 is 19.5 Å². The molecule has 2 rings (SSSR count). The lowest BCUT2D eigenvalue weighted by atomic mass is 10.1. The van der Waals surface area contributed by atoms with Crippen molar-refractivity contribution < 1.29 is 23.8 Å². The number of alkyl carbamates (subject to hydrolysis) is 1. The average molecular weight is 490 g/mol. The number of ether oxygens (including phenoxy) is 3. The molecule has 0 aromatic heterocycles. The summed E-state index contributed by atoms with van der Waals surface area (Å²) in [7, 11) is 0. The fourth-order valence-corrected chi connectivity index (χ4v) is 4.54. The monoisotopic (exact) mass is 489 g/mol. The molecule has 0 heterocycles. The Morgan fingerprint density at radius 1 is 1.12 bits per heavy atom. The number of nitrogens with one attached hydrogen (secondary N) is 1. The summed E-state index contributed by atoms with van der Waals surface area (Å²) in [6.07, 6.45) is 3.19. The summed E-state index contributed by atoms with van der Waals surface area (Å²) in [5, 5.41) is 3.05. The Labute approximate surface area is 204 Å². The standard InChI is InChI=1S/C25H31NO5S2/c1-4-23(32-3)19-11-13-20(14-12-19)30-17-21(18-33-22-9-7-6-8-10-22)31-25(28)26-15-16-29-24(27)5-2/h5-14,21,23H,2,4,15-18H2,1,3H3,(H,26,28). The van der Waals surface area contributed by atoms with Crippen molar-refractivity contribution in [2.75, 3.05) is 31.8 Å². The molecule has 2 aromatic carbocycles. The molecule has 178 valence electrons. The van der Waals surface area contributed by atoms with Crippen molar-refractivity contribution in [2.45, 2.75) is 29.6 Å². The molecule has 6 nitrogen and oxygen atoms in total. The zero-order valence-electron chi connectivity index (χ0n) is 19.0. The Bertz CT molecular complexity index is 857. The van der Waals surface area contributed by atoms with E-state index in [1.54, 1.807) is 11.8 Å². The summed E-state index contributed by atoms with van der Waals surface area (Å²) in [4.78, 5) is 24.4. The smallest absolute Gasteiger partial charge is 0.407 e. The lowest BCUT2D eigenvalue weighted by Crippen LogP contribution is -2.35. The van der Waals surface area contributed by atoms with E-state index >= 15 is 0 Å². The molecule has 2 aromatic rings. The third kappa shape index (κ3) is 10.3. The van der Waals surface area contributed by atoms with Crippen LogP contribution in [-0.2, 0) is 14.3 Å². The zero-order chi connectivity index (χ0) is 23.9. The van der Waals surface area contributed by atoms with Crippen LogP contribution in [0, 0.1) is 0 Å². The highest BCUT2D eigenvalue weighted by Gasteiger charge is 2.17. The molecule has 0 radical (unpaired) electrons. The van der Waals surface area contributed by atoms with Gasteiger partial charge in [0.1, 0.15) is 25.1 Å². The quantitative estimate of drug-likeness (QED) is 0.163. The summed E-state index contributed by atoms with van der Waals surface area (Å²) in [6, 6.07) is 17.9. The Hall–Kier alpha value is -2.58. The number of amides is 1. The second-order valence-electron chi connectivity index (χ2n) is 6.96. The minimum absolute atomic E-state index is 0.0427. The van der Waals surface area contributed by atoms with Gasteiger partial charge in [0.05, 0.1) is 6.54 Å². The van der Waals surface area contributed by atoms with Gasteiger partial charge in [0.2, 0.25) is 0 Å². The zero-order valence-corrected chi connectivity index (χ0v) is 20.7. The van der Waals surface area contributed by atoms with Crippen LogP contribution in [0.2, 0.25) is 0 Å². The summed E-state index contributed by atoms with van der Waals surface area (Å²) in [5.74, 6) is 0.722. The fraction of sp³-hybridized carbons (Fsp3) is 0.360. The van der Waals surface area contributed by atoms with Gasteiger partial charge >= 0.3 is 12.1 Å². The van der Waals surface area contributed by atoms with E-state index in [1.807, 2.05) is 54.2 Å². The third-order valence-electron chi connectivity index (χ3n) is 4.58. The van der Waals surface area contributed by atoms with Gasteiger partial charge in [-0.05, 0) is 42.5 Å². The maximum atomic E-state index is 12.2. The SMILES string of the molecule is C=CC(=O)OCCNC(=O)OC(COc1ccc(C(CC)SC)cc1)CSc1ccccc1. The molecule has 2 unspecified atom stereocenters. The topological polar surface area (TPSA) is 73.9 Å². The first-order valence-electron chi connectivity index (χ1n) is 10.7. The van der Waals surface area contributed by atoms with E-state index in [1.165, 1.54) is 5.56 Å². The first-order chi connectivity index (χ1) is 16.0. The van der Waals surface area contributed by atoms with Gasteiger partial charge in [-0.15, -0.1) is 11.8 Å². The molecule has 0 spiro atoms. The lowest BCUT2D eigenvalue weighted by molar-refractivity contribution is -0.137. The number of benzene rings is 2. The van der Waals surface area contributed by atoms with Gasteiger partial charge in [-0.1, -0.05) is 43.8 Å². The number of thioether (sulfide) groups is 2. The number of rotatable bonds is 14. The molecular formula is C25H31NO5S2. The molecule has 0 bridgehead atoms. The van der Waals surface area contributed by atoms with Crippen LogP contribution >= 0.6 is 23.5 Å². The van der Waals surface area contributed by atoms with Gasteiger partial charge in [-0.2, -0.15) is 11.8 Å². The molecule has 1 N–H and O–H groups in total. The predicted octanol–water partition coefficient (Wildman–Crippen LogP) is 5.50. The first kappa shape index (κ1) is 26.7. The van der Waals surface area contributed by atoms with E-state index in [0.717, 1.165) is 23.1 Å². The summed E-state index contributed by atoms with van der Waals surface area (Å²) in [6.45, 7) is 5.90. The fourth-order valence-electron chi connectivity index (χ4n) is 2.89. The van der Waals surface area contributed by atoms with Gasteiger partial charge in [-0.25, -0.2) is 9.59 Å². The van der Waals surface area contributed by atoms with Crippen molar-refractivity contribution in [3.05, 3.63) is 72.8 Å². The van der Waals surface area contributed by atoms with Crippen molar-refractivity contribution >= 4 is 35.6 Å². The first-order valence-corrected chi connectivity index (χ1v) is 13.0. The molecule has 2 atom stereocenters. The summed E-state index contributed by atoms with van der Waals surface area (Å²) in [5.41, 5.74) is 1.27. The van der Waals surface area contributed by atoms with Crippen molar-refractivity contribution in [3.8, 4) is 5.75 Å². The van der Waals surface area contributed by atoms with E-state index in [4.69, 9.17) is 14.2 Å². The predicted molar refractivity (Wildman–Crippen MR) is 135 cm³/mol. The highest BCUT2D eigenvalue weighted by atomic mass is 32.2. The molecule has 0 aliphatic rings. The molecule has 0 fully saturated rings. The minimum Gasteiger partial charge on any atom is -0.490 e. The van der Waals surface area contributed by atoms with E-state index in [2.05, 4.69) is 37.2 Å². The Balaban J connectivity index is 1.90. The van der Waals surface area contributed by atoms with Crippen LogP contribution in [0.4, 0.5) is 4.79 Å². The number of hydrogen-bond donors (Lipinski definition) is 1. The Morgan fingerprint density at radius 2 is 1.85 bits per heavy atom. The maximum absolute atomic E-state index is 12.2. The molecular weight excluding hydrogens is 458 g/mol. The number of esters is 1. The second-order valence-corrected chi connectivity index (χ2v) is 9.10. The van der Waals surface area contributed by atoms with Crippen LogP contribution in [0.3, 0.4) is 0 Å². The molecule has 0 aliphatic heterocycles. The highest BCUT2D eigenvalue weighted by molar-refractivity contribution is 7.99. The van der Waals surface area contributed by atoms with Crippen molar-refractivity contribution in [3.63, 3.8) is 0 Å². The normalized spacial score (nSPS) is 12.3. The van der Waals surface area contributed by atoms with Crippen molar-refractivity contribution in [2.24, 2.45) is 0 Å². The van der Waals surface area contributed by atoms with Crippen LogP contribution in [0.5, 0.6) is 5.75 Å². The third-order valence-corrected chi connectivity index (χ3v) is 6.90. The van der Waals surface area contributed by atoms with Crippen LogP contribution in [0.1, 0.15) is 24.2 Å². The molecule has 1 amide bonds. The van der Waals surface area contributed by atoms with Crippen molar-refractivity contribution in [1.29, 1.82) is 0 Å². The van der Waals surface area contributed by atoms with E-state index < -0.39 is 18.2 Å². The van der Waals surface area contributed by atoms with Crippen LogP contribution < -0.4 is 10.1 Å². The Morgan fingerprint density at radius 3 is 2.48 bits per heavy atom.